The second-order valence-electron chi connectivity index (χ2n) is 12.0. The average molecular weight is 409 g/mol. The Bertz CT molecular complexity index is 473. The second-order valence-corrected chi connectivity index (χ2v) is 12.0. The Labute approximate surface area is 185 Å². The normalized spacial score (nSPS) is 19.6. The molecule has 0 aromatic rings. The first-order valence-corrected chi connectivity index (χ1v) is 12.0. The van der Waals surface area contributed by atoms with Gasteiger partial charge in [0.1, 0.15) is 0 Å². The van der Waals surface area contributed by atoms with Gasteiger partial charge >= 0.3 is 0 Å². The molecule has 0 aromatic carbocycles. The van der Waals surface area contributed by atoms with E-state index in [1.807, 2.05) is 0 Å². The average Bonchev–Trinajstić information content (AvgIpc) is 2.63. The lowest BCUT2D eigenvalue weighted by atomic mass is 9.62. The molecule has 0 aliphatic carbocycles. The van der Waals surface area contributed by atoms with Crippen LogP contribution in [0.5, 0.6) is 0 Å². The van der Waals surface area contributed by atoms with Crippen molar-refractivity contribution in [3.63, 3.8) is 0 Å². The van der Waals surface area contributed by atoms with E-state index in [0.717, 1.165) is 25.9 Å². The van der Waals surface area contributed by atoms with Gasteiger partial charge in [0.15, 0.2) is 0 Å². The summed E-state index contributed by atoms with van der Waals surface area (Å²) in [6.07, 6.45) is 5.98. The summed E-state index contributed by atoms with van der Waals surface area (Å²) in [6.45, 7) is 28.8. The Morgan fingerprint density at radius 1 is 0.793 bits per heavy atom. The van der Waals surface area contributed by atoms with Crippen LogP contribution in [-0.2, 0) is 9.47 Å². The molecule has 0 amide bonds. The molecule has 0 fully saturated rings. The fraction of sp³-hybridized carbons (Fsp3) is 1.00. The molecule has 0 aliphatic rings. The van der Waals surface area contributed by atoms with Crippen molar-refractivity contribution in [2.24, 2.45) is 22.2 Å². The van der Waals surface area contributed by atoms with Crippen molar-refractivity contribution in [1.29, 1.82) is 0 Å². The van der Waals surface area contributed by atoms with Gasteiger partial charge in [0, 0.05) is 0 Å². The van der Waals surface area contributed by atoms with Crippen LogP contribution in [-0.4, -0.2) is 32.3 Å². The first kappa shape index (κ1) is 29.0. The maximum absolute atomic E-state index is 6.67. The third-order valence-corrected chi connectivity index (χ3v) is 7.85. The summed E-state index contributed by atoms with van der Waals surface area (Å²) < 4.78 is 13.2. The molecule has 172 valence electrons. The van der Waals surface area contributed by atoms with Crippen LogP contribution in [0.15, 0.2) is 0 Å². The van der Waals surface area contributed by atoms with Gasteiger partial charge in [0.2, 0.25) is 0 Å². The zero-order valence-corrected chi connectivity index (χ0v) is 22.1. The topological polar surface area (TPSA) is 18.5 Å². The number of hydrogen-bond donors (Lipinski definition) is 0. The summed E-state index contributed by atoms with van der Waals surface area (Å²) in [5.41, 5.74) is -0.173. The van der Waals surface area contributed by atoms with Crippen molar-refractivity contribution in [3.8, 4) is 0 Å². The van der Waals surface area contributed by atoms with Gasteiger partial charge in [-0.2, -0.15) is 0 Å². The summed E-state index contributed by atoms with van der Waals surface area (Å²) >= 11 is 0. The molecular formula is C26H53BO2. The molecule has 0 saturated heterocycles. The Balaban J connectivity index is 5.39. The van der Waals surface area contributed by atoms with Gasteiger partial charge in [-0.1, -0.05) is 82.0 Å². The van der Waals surface area contributed by atoms with E-state index in [1.165, 1.54) is 12.8 Å². The van der Waals surface area contributed by atoms with E-state index < -0.39 is 0 Å². The van der Waals surface area contributed by atoms with Crippen LogP contribution >= 0.6 is 0 Å². The Kier molecular flexibility index (Phi) is 11.0. The smallest absolute Gasteiger partial charge is 0.0703 e. The van der Waals surface area contributed by atoms with E-state index in [2.05, 4.69) is 83.1 Å². The maximum Gasteiger partial charge on any atom is 0.0703 e. The van der Waals surface area contributed by atoms with Crippen molar-refractivity contribution in [2.45, 2.75) is 133 Å². The van der Waals surface area contributed by atoms with E-state index >= 15 is 0 Å². The van der Waals surface area contributed by atoms with Gasteiger partial charge in [-0.3, -0.25) is 0 Å². The monoisotopic (exact) mass is 408 g/mol. The quantitative estimate of drug-likeness (QED) is 0.257. The van der Waals surface area contributed by atoms with Crippen LogP contribution in [0.2, 0.25) is 6.32 Å². The fourth-order valence-corrected chi connectivity index (χ4v) is 4.33. The molecule has 0 rings (SSSR count). The van der Waals surface area contributed by atoms with E-state index in [0.29, 0.717) is 18.8 Å². The van der Waals surface area contributed by atoms with Crippen LogP contribution in [0.1, 0.15) is 115 Å². The highest BCUT2D eigenvalue weighted by molar-refractivity contribution is 6.09. The van der Waals surface area contributed by atoms with Crippen LogP contribution in [0.25, 0.3) is 0 Å². The Hall–Kier alpha value is -0.0151. The van der Waals surface area contributed by atoms with Crippen molar-refractivity contribution in [3.05, 3.63) is 0 Å². The summed E-state index contributed by atoms with van der Waals surface area (Å²) in [6, 6.07) is 0. The third-order valence-electron chi connectivity index (χ3n) is 7.85. The highest BCUT2D eigenvalue weighted by atomic mass is 16.5. The number of ether oxygens (including phenoxy) is 2. The molecule has 0 saturated carbocycles. The van der Waals surface area contributed by atoms with Gasteiger partial charge in [-0.25, -0.2) is 0 Å². The predicted octanol–water partition coefficient (Wildman–Crippen LogP) is 7.85. The third kappa shape index (κ3) is 8.21. The lowest BCUT2D eigenvalue weighted by molar-refractivity contribution is -0.157. The molecule has 2 radical (unpaired) electrons. The molecule has 3 heteroatoms. The summed E-state index contributed by atoms with van der Waals surface area (Å²) in [5, 5.41) is 0. The summed E-state index contributed by atoms with van der Waals surface area (Å²) in [7, 11) is 6.31. The van der Waals surface area contributed by atoms with Gasteiger partial charge in [-0.05, 0) is 61.7 Å². The fourth-order valence-electron chi connectivity index (χ4n) is 4.33. The lowest BCUT2D eigenvalue weighted by Gasteiger charge is -2.49. The predicted molar refractivity (Wildman–Crippen MR) is 130 cm³/mol. The van der Waals surface area contributed by atoms with Gasteiger partial charge in [0.25, 0.3) is 0 Å². The molecule has 2 nitrogen and oxygen atoms in total. The van der Waals surface area contributed by atoms with Crippen molar-refractivity contribution in [2.75, 3.05) is 13.2 Å². The first-order chi connectivity index (χ1) is 13.1. The van der Waals surface area contributed by atoms with E-state index in [1.54, 1.807) is 0 Å². The van der Waals surface area contributed by atoms with E-state index in [9.17, 15) is 0 Å². The van der Waals surface area contributed by atoms with Crippen LogP contribution < -0.4 is 0 Å². The molecule has 0 aromatic heterocycles. The second kappa shape index (κ2) is 11.0. The lowest BCUT2D eigenvalue weighted by Crippen LogP contribution is -2.49. The molecule has 3 unspecified atom stereocenters. The molecule has 0 N–H and O–H groups in total. The number of rotatable bonds is 15. The van der Waals surface area contributed by atoms with E-state index in [-0.39, 0.29) is 27.4 Å². The van der Waals surface area contributed by atoms with Gasteiger partial charge < -0.3 is 9.47 Å². The van der Waals surface area contributed by atoms with Crippen LogP contribution in [0.3, 0.4) is 0 Å². The van der Waals surface area contributed by atoms with Gasteiger partial charge in [-0.15, -0.1) is 0 Å². The Morgan fingerprint density at radius 2 is 1.34 bits per heavy atom. The largest absolute Gasteiger partial charge is 0.374 e. The van der Waals surface area contributed by atoms with E-state index in [4.69, 9.17) is 17.3 Å². The molecule has 0 heterocycles. The SMILES string of the molecule is [B]CC(C)(COC(C)(CC)C(C)C)CC(C)(C)C(C)(CC)OCC(C)(C)CCC. The van der Waals surface area contributed by atoms with Gasteiger partial charge in [0.05, 0.1) is 32.3 Å². The minimum absolute atomic E-state index is 0.0119. The van der Waals surface area contributed by atoms with Crippen molar-refractivity contribution < 1.29 is 9.47 Å². The van der Waals surface area contributed by atoms with Crippen LogP contribution in [0.4, 0.5) is 0 Å². The molecule has 3 atom stereocenters. The van der Waals surface area contributed by atoms with Crippen molar-refractivity contribution >= 4 is 7.85 Å². The number of hydrogen-bond acceptors (Lipinski definition) is 2. The maximum atomic E-state index is 6.67. The first-order valence-electron chi connectivity index (χ1n) is 12.0. The zero-order valence-electron chi connectivity index (χ0n) is 22.1. The van der Waals surface area contributed by atoms with Crippen molar-refractivity contribution in [1.82, 2.24) is 0 Å². The molecular weight excluding hydrogens is 355 g/mol. The minimum Gasteiger partial charge on any atom is -0.374 e. The Morgan fingerprint density at radius 3 is 1.72 bits per heavy atom. The highest BCUT2D eigenvalue weighted by Crippen LogP contribution is 2.47. The standard InChI is InChI=1S/C26H53BO2/c1-13-16-22(6,7)19-29-26(12,15-3)23(8,9)17-24(10,18-27)20-28-25(11,14-2)21(4)5/h21H,13-20H2,1-12H3. The minimum atomic E-state index is -0.194. The molecule has 29 heavy (non-hydrogen) atoms. The van der Waals surface area contributed by atoms with Crippen LogP contribution in [0, 0.1) is 22.2 Å². The molecule has 0 aliphatic heterocycles. The zero-order chi connectivity index (χ0) is 23.1. The summed E-state index contributed by atoms with van der Waals surface area (Å²) in [4.78, 5) is 0. The molecule has 0 spiro atoms. The summed E-state index contributed by atoms with van der Waals surface area (Å²) in [5.74, 6) is 0.479. The molecule has 0 bridgehead atoms. The highest BCUT2D eigenvalue weighted by Gasteiger charge is 2.45.